The van der Waals surface area contributed by atoms with Gasteiger partial charge in [-0.1, -0.05) is 0 Å². The zero-order chi connectivity index (χ0) is 10.7. The first-order chi connectivity index (χ1) is 7.27. The van der Waals surface area contributed by atoms with Crippen LogP contribution in [0.25, 0.3) is 0 Å². The third-order valence-electron chi connectivity index (χ3n) is 2.91. The van der Waals surface area contributed by atoms with Crippen molar-refractivity contribution >= 4 is 5.82 Å². The maximum Gasteiger partial charge on any atom is 0.149 e. The van der Waals surface area contributed by atoms with Gasteiger partial charge in [-0.25, -0.2) is 4.98 Å². The first-order valence-corrected chi connectivity index (χ1v) is 5.47. The average Bonchev–Trinajstić information content (AvgIpc) is 2.71. The van der Waals surface area contributed by atoms with Crippen LogP contribution in [0, 0.1) is 12.8 Å². The van der Waals surface area contributed by atoms with Crippen LogP contribution in [0.4, 0.5) is 5.82 Å². The second-order valence-electron chi connectivity index (χ2n) is 4.20. The molecule has 0 bridgehead atoms. The van der Waals surface area contributed by atoms with Crippen LogP contribution in [0.15, 0.2) is 12.4 Å². The Hall–Kier alpha value is -1.16. The molecule has 1 aromatic heterocycles. The molecule has 1 fully saturated rings. The standard InChI is InChI=1S/C11H18N4/c1-9-11(14-6-5-13-9)15(2)8-10-3-4-12-7-10/h5-6,10,12H,3-4,7-8H2,1-2H3/t10-/m0/s1. The van der Waals surface area contributed by atoms with Gasteiger partial charge >= 0.3 is 0 Å². The van der Waals surface area contributed by atoms with Crippen LogP contribution >= 0.6 is 0 Å². The van der Waals surface area contributed by atoms with E-state index in [9.17, 15) is 0 Å². The maximum atomic E-state index is 4.36. The number of nitrogens with zero attached hydrogens (tertiary/aromatic N) is 3. The van der Waals surface area contributed by atoms with Crippen LogP contribution in [0.5, 0.6) is 0 Å². The normalized spacial score (nSPS) is 20.5. The average molecular weight is 206 g/mol. The molecule has 0 aromatic carbocycles. The zero-order valence-corrected chi connectivity index (χ0v) is 9.40. The van der Waals surface area contributed by atoms with Crippen molar-refractivity contribution < 1.29 is 0 Å². The summed E-state index contributed by atoms with van der Waals surface area (Å²) in [7, 11) is 2.09. The van der Waals surface area contributed by atoms with Crippen LogP contribution in [0.1, 0.15) is 12.1 Å². The maximum absolute atomic E-state index is 4.36. The van der Waals surface area contributed by atoms with Gasteiger partial charge in [-0.3, -0.25) is 4.98 Å². The van der Waals surface area contributed by atoms with E-state index < -0.39 is 0 Å². The first-order valence-electron chi connectivity index (χ1n) is 5.47. The highest BCUT2D eigenvalue weighted by atomic mass is 15.2. The summed E-state index contributed by atoms with van der Waals surface area (Å²) >= 11 is 0. The second-order valence-corrected chi connectivity index (χ2v) is 4.20. The first kappa shape index (κ1) is 10.4. The van der Waals surface area contributed by atoms with E-state index in [1.54, 1.807) is 12.4 Å². The van der Waals surface area contributed by atoms with Gasteiger partial charge in [0, 0.05) is 26.0 Å². The van der Waals surface area contributed by atoms with Crippen molar-refractivity contribution in [2.75, 3.05) is 31.6 Å². The van der Waals surface area contributed by atoms with Crippen molar-refractivity contribution in [3.8, 4) is 0 Å². The Morgan fingerprint density at radius 1 is 1.47 bits per heavy atom. The predicted molar refractivity (Wildman–Crippen MR) is 61.0 cm³/mol. The Morgan fingerprint density at radius 3 is 2.93 bits per heavy atom. The molecule has 15 heavy (non-hydrogen) atoms. The van der Waals surface area contributed by atoms with Crippen LogP contribution in [0.3, 0.4) is 0 Å². The van der Waals surface area contributed by atoms with E-state index in [1.165, 1.54) is 6.42 Å². The van der Waals surface area contributed by atoms with Crippen molar-refractivity contribution in [1.82, 2.24) is 15.3 Å². The second kappa shape index (κ2) is 4.57. The molecule has 0 spiro atoms. The molecule has 0 unspecified atom stereocenters. The Bertz CT molecular complexity index is 320. The number of anilines is 1. The summed E-state index contributed by atoms with van der Waals surface area (Å²) in [5.41, 5.74) is 1.01. The molecule has 1 saturated heterocycles. The Labute approximate surface area is 90.7 Å². The van der Waals surface area contributed by atoms with E-state index in [-0.39, 0.29) is 0 Å². The highest BCUT2D eigenvalue weighted by Crippen LogP contribution is 2.16. The lowest BCUT2D eigenvalue weighted by Crippen LogP contribution is -2.28. The number of aryl methyl sites for hydroxylation is 1. The summed E-state index contributed by atoms with van der Waals surface area (Å²) in [6.45, 7) is 5.35. The molecule has 4 heteroatoms. The molecule has 0 aliphatic carbocycles. The van der Waals surface area contributed by atoms with Gasteiger partial charge in [-0.2, -0.15) is 0 Å². The molecular formula is C11H18N4. The van der Waals surface area contributed by atoms with E-state index in [0.717, 1.165) is 37.1 Å². The van der Waals surface area contributed by atoms with Crippen molar-refractivity contribution in [1.29, 1.82) is 0 Å². The van der Waals surface area contributed by atoms with E-state index in [2.05, 4.69) is 27.2 Å². The summed E-state index contributed by atoms with van der Waals surface area (Å²) in [6, 6.07) is 0. The van der Waals surface area contributed by atoms with Gasteiger partial charge in [0.1, 0.15) is 5.82 Å². The highest BCUT2D eigenvalue weighted by Gasteiger charge is 2.17. The Morgan fingerprint density at radius 2 is 2.27 bits per heavy atom. The molecule has 1 atom stereocenters. The van der Waals surface area contributed by atoms with Crippen molar-refractivity contribution in [3.63, 3.8) is 0 Å². The fraction of sp³-hybridized carbons (Fsp3) is 0.636. The topological polar surface area (TPSA) is 41.1 Å². The number of nitrogens with one attached hydrogen (secondary N) is 1. The SMILES string of the molecule is Cc1nccnc1N(C)C[C@H]1CCNC1. The van der Waals surface area contributed by atoms with Gasteiger partial charge < -0.3 is 10.2 Å². The summed E-state index contributed by atoms with van der Waals surface area (Å²) in [5.74, 6) is 1.75. The fourth-order valence-electron chi connectivity index (χ4n) is 2.12. The van der Waals surface area contributed by atoms with Crippen LogP contribution < -0.4 is 10.2 Å². The minimum absolute atomic E-state index is 0.747. The summed E-state index contributed by atoms with van der Waals surface area (Å²) in [6.07, 6.45) is 4.76. The summed E-state index contributed by atoms with van der Waals surface area (Å²) < 4.78 is 0. The van der Waals surface area contributed by atoms with E-state index in [1.807, 2.05) is 6.92 Å². The van der Waals surface area contributed by atoms with Crippen LogP contribution in [-0.2, 0) is 0 Å². The van der Waals surface area contributed by atoms with Gasteiger partial charge in [0.05, 0.1) is 5.69 Å². The minimum atomic E-state index is 0.747. The van der Waals surface area contributed by atoms with Gasteiger partial charge in [0.2, 0.25) is 0 Å². The molecule has 4 nitrogen and oxygen atoms in total. The molecule has 0 radical (unpaired) electrons. The molecule has 1 aromatic rings. The Balaban J connectivity index is 2.00. The smallest absolute Gasteiger partial charge is 0.149 e. The highest BCUT2D eigenvalue weighted by molar-refractivity contribution is 5.41. The molecule has 1 N–H and O–H groups in total. The lowest BCUT2D eigenvalue weighted by atomic mass is 10.1. The predicted octanol–water partition coefficient (Wildman–Crippen LogP) is 0.831. The van der Waals surface area contributed by atoms with Gasteiger partial charge in [0.15, 0.2) is 0 Å². The van der Waals surface area contributed by atoms with Gasteiger partial charge in [-0.05, 0) is 32.4 Å². The molecular weight excluding hydrogens is 188 g/mol. The molecule has 0 saturated carbocycles. The monoisotopic (exact) mass is 206 g/mol. The third kappa shape index (κ3) is 2.45. The van der Waals surface area contributed by atoms with E-state index >= 15 is 0 Å². The lowest BCUT2D eigenvalue weighted by Gasteiger charge is -2.22. The van der Waals surface area contributed by atoms with Crippen molar-refractivity contribution in [3.05, 3.63) is 18.1 Å². The number of hydrogen-bond donors (Lipinski definition) is 1. The summed E-state index contributed by atoms with van der Waals surface area (Å²) in [4.78, 5) is 10.8. The van der Waals surface area contributed by atoms with Crippen molar-refractivity contribution in [2.24, 2.45) is 5.92 Å². The van der Waals surface area contributed by atoms with E-state index in [0.29, 0.717) is 0 Å². The molecule has 2 rings (SSSR count). The molecule has 82 valence electrons. The largest absolute Gasteiger partial charge is 0.358 e. The number of aromatic nitrogens is 2. The van der Waals surface area contributed by atoms with Gasteiger partial charge in [0.25, 0.3) is 0 Å². The quantitative estimate of drug-likeness (QED) is 0.795. The fourth-order valence-corrected chi connectivity index (χ4v) is 2.12. The van der Waals surface area contributed by atoms with Crippen LogP contribution in [-0.4, -0.2) is 36.6 Å². The number of rotatable bonds is 3. The zero-order valence-electron chi connectivity index (χ0n) is 9.40. The third-order valence-corrected chi connectivity index (χ3v) is 2.91. The molecule has 1 aliphatic heterocycles. The Kier molecular flexibility index (Phi) is 3.16. The molecule has 0 amide bonds. The van der Waals surface area contributed by atoms with Gasteiger partial charge in [-0.15, -0.1) is 0 Å². The van der Waals surface area contributed by atoms with E-state index in [4.69, 9.17) is 0 Å². The van der Waals surface area contributed by atoms with Crippen molar-refractivity contribution in [2.45, 2.75) is 13.3 Å². The lowest BCUT2D eigenvalue weighted by molar-refractivity contribution is 0.574. The van der Waals surface area contributed by atoms with Crippen LogP contribution in [0.2, 0.25) is 0 Å². The molecule has 2 heterocycles. The molecule has 1 aliphatic rings. The minimum Gasteiger partial charge on any atom is -0.358 e. The number of hydrogen-bond acceptors (Lipinski definition) is 4. The summed E-state index contributed by atoms with van der Waals surface area (Å²) in [5, 5.41) is 3.38.